The number of nitrogens with zero attached hydrogens (tertiary/aromatic N) is 2. The number of nitrogens with one attached hydrogen (secondary N) is 1. The van der Waals surface area contributed by atoms with E-state index in [9.17, 15) is 0 Å². The zero-order valence-corrected chi connectivity index (χ0v) is 11.8. The first-order chi connectivity index (χ1) is 9.80. The van der Waals surface area contributed by atoms with Crippen LogP contribution in [0.5, 0.6) is 0 Å². The van der Waals surface area contributed by atoms with Gasteiger partial charge in [0, 0.05) is 17.3 Å². The molecular weight excluding hydrogens is 248 g/mol. The van der Waals surface area contributed by atoms with Crippen LogP contribution in [0.3, 0.4) is 0 Å². The van der Waals surface area contributed by atoms with E-state index in [4.69, 9.17) is 5.84 Å². The van der Waals surface area contributed by atoms with Gasteiger partial charge in [-0.3, -0.25) is 0 Å². The fourth-order valence-corrected chi connectivity index (χ4v) is 2.43. The van der Waals surface area contributed by atoms with Gasteiger partial charge in [-0.05, 0) is 36.8 Å². The first-order valence-corrected chi connectivity index (χ1v) is 7.25. The van der Waals surface area contributed by atoms with Crippen LogP contribution in [0.2, 0.25) is 0 Å². The Morgan fingerprint density at radius 3 is 2.80 bits per heavy atom. The first kappa shape index (κ1) is 13.1. The van der Waals surface area contributed by atoms with Gasteiger partial charge in [-0.15, -0.1) is 0 Å². The number of anilines is 1. The van der Waals surface area contributed by atoms with Crippen molar-refractivity contribution < 1.29 is 0 Å². The minimum absolute atomic E-state index is 0.676. The highest BCUT2D eigenvalue weighted by molar-refractivity contribution is 5.59. The summed E-state index contributed by atoms with van der Waals surface area (Å²) in [6.45, 7) is 2.14. The lowest BCUT2D eigenvalue weighted by Crippen LogP contribution is -2.10. The minimum atomic E-state index is 0.676. The normalized spacial score (nSPS) is 14.3. The molecule has 1 aliphatic rings. The van der Waals surface area contributed by atoms with Crippen molar-refractivity contribution >= 4 is 5.82 Å². The van der Waals surface area contributed by atoms with E-state index in [1.54, 1.807) is 0 Å². The van der Waals surface area contributed by atoms with Crippen molar-refractivity contribution in [1.82, 2.24) is 9.97 Å². The van der Waals surface area contributed by atoms with Gasteiger partial charge in [0.2, 0.25) is 0 Å². The Kier molecular flexibility index (Phi) is 3.65. The Morgan fingerprint density at radius 2 is 2.10 bits per heavy atom. The summed E-state index contributed by atoms with van der Waals surface area (Å²) in [5.41, 5.74) is 6.13. The van der Waals surface area contributed by atoms with Crippen molar-refractivity contribution in [2.45, 2.75) is 38.5 Å². The minimum Gasteiger partial charge on any atom is -0.308 e. The molecule has 0 amide bonds. The number of hydrazine groups is 1. The molecule has 1 aromatic heterocycles. The summed E-state index contributed by atoms with van der Waals surface area (Å²) in [6, 6.07) is 10.5. The number of hydrogen-bond donors (Lipinski definition) is 2. The number of benzene rings is 1. The maximum Gasteiger partial charge on any atom is 0.161 e. The quantitative estimate of drug-likeness (QED) is 0.645. The number of hydrogen-bond acceptors (Lipinski definition) is 4. The van der Waals surface area contributed by atoms with Gasteiger partial charge in [-0.25, -0.2) is 15.8 Å². The van der Waals surface area contributed by atoms with Crippen molar-refractivity contribution in [3.05, 3.63) is 41.6 Å². The van der Waals surface area contributed by atoms with E-state index in [0.29, 0.717) is 5.82 Å². The van der Waals surface area contributed by atoms with Crippen LogP contribution >= 0.6 is 0 Å². The van der Waals surface area contributed by atoms with Crippen LogP contribution in [0.25, 0.3) is 11.4 Å². The standard InChI is InChI=1S/C16H20N4/c1-2-4-14-10-15(20-17)19-16(18-14)13-6-3-5-12(9-13)11-7-8-11/h3,5-6,9-11H,2,4,7-8,17H2,1H3,(H,18,19,20). The second-order valence-electron chi connectivity index (χ2n) is 5.36. The molecule has 0 saturated heterocycles. The van der Waals surface area contributed by atoms with Gasteiger partial charge < -0.3 is 5.43 Å². The molecule has 20 heavy (non-hydrogen) atoms. The summed E-state index contributed by atoms with van der Waals surface area (Å²) in [7, 11) is 0. The van der Waals surface area contributed by atoms with Crippen molar-refractivity contribution in [3.8, 4) is 11.4 Å². The fourth-order valence-electron chi connectivity index (χ4n) is 2.43. The lowest BCUT2D eigenvalue weighted by atomic mass is 10.1. The largest absolute Gasteiger partial charge is 0.308 e. The predicted octanol–water partition coefficient (Wildman–Crippen LogP) is 3.26. The zero-order valence-electron chi connectivity index (χ0n) is 11.8. The topological polar surface area (TPSA) is 63.8 Å². The van der Waals surface area contributed by atoms with Gasteiger partial charge in [-0.2, -0.15) is 0 Å². The van der Waals surface area contributed by atoms with Crippen molar-refractivity contribution in [3.63, 3.8) is 0 Å². The average molecular weight is 268 g/mol. The third-order valence-corrected chi connectivity index (χ3v) is 3.63. The lowest BCUT2D eigenvalue weighted by Gasteiger charge is -2.08. The molecular formula is C16H20N4. The Morgan fingerprint density at radius 1 is 1.25 bits per heavy atom. The summed E-state index contributed by atoms with van der Waals surface area (Å²) in [5.74, 6) is 7.68. The van der Waals surface area contributed by atoms with Crippen LogP contribution in [0, 0.1) is 0 Å². The summed E-state index contributed by atoms with van der Waals surface area (Å²) in [4.78, 5) is 9.13. The van der Waals surface area contributed by atoms with E-state index in [0.717, 1.165) is 35.8 Å². The molecule has 3 rings (SSSR count). The molecule has 1 heterocycles. The maximum absolute atomic E-state index is 5.51. The van der Waals surface area contributed by atoms with Gasteiger partial charge in [-0.1, -0.05) is 31.5 Å². The fraction of sp³-hybridized carbons (Fsp3) is 0.375. The number of nitrogens with two attached hydrogens (primary N) is 1. The molecule has 2 aromatic rings. The van der Waals surface area contributed by atoms with Crippen molar-refractivity contribution in [2.24, 2.45) is 5.84 Å². The van der Waals surface area contributed by atoms with Gasteiger partial charge in [0.1, 0.15) is 5.82 Å². The van der Waals surface area contributed by atoms with Crippen molar-refractivity contribution in [1.29, 1.82) is 0 Å². The monoisotopic (exact) mass is 268 g/mol. The molecule has 0 aliphatic heterocycles. The van der Waals surface area contributed by atoms with E-state index in [1.807, 2.05) is 6.07 Å². The molecule has 1 fully saturated rings. The summed E-state index contributed by atoms with van der Waals surface area (Å²) >= 11 is 0. The maximum atomic E-state index is 5.51. The number of nitrogen functional groups attached to an aromatic ring is 1. The van der Waals surface area contributed by atoms with Crippen molar-refractivity contribution in [2.75, 3.05) is 5.43 Å². The Balaban J connectivity index is 1.99. The van der Waals surface area contributed by atoms with Gasteiger partial charge in [0.25, 0.3) is 0 Å². The van der Waals surface area contributed by atoms with Crippen LogP contribution in [-0.2, 0) is 6.42 Å². The van der Waals surface area contributed by atoms with Crippen LogP contribution in [0.1, 0.15) is 43.4 Å². The molecule has 0 spiro atoms. The second-order valence-corrected chi connectivity index (χ2v) is 5.36. The van der Waals surface area contributed by atoms with E-state index >= 15 is 0 Å². The molecule has 0 atom stereocenters. The molecule has 1 saturated carbocycles. The highest BCUT2D eigenvalue weighted by Crippen LogP contribution is 2.40. The Labute approximate surface area is 119 Å². The van der Waals surface area contributed by atoms with Crippen LogP contribution in [-0.4, -0.2) is 9.97 Å². The van der Waals surface area contributed by atoms with Gasteiger partial charge >= 0.3 is 0 Å². The smallest absolute Gasteiger partial charge is 0.161 e. The molecule has 1 aromatic carbocycles. The zero-order chi connectivity index (χ0) is 13.9. The Hall–Kier alpha value is -1.94. The van der Waals surface area contributed by atoms with Gasteiger partial charge in [0.05, 0.1) is 0 Å². The molecule has 3 N–H and O–H groups in total. The van der Waals surface area contributed by atoms with E-state index < -0.39 is 0 Å². The molecule has 4 nitrogen and oxygen atoms in total. The summed E-state index contributed by atoms with van der Waals surface area (Å²) < 4.78 is 0. The second kappa shape index (κ2) is 5.59. The molecule has 4 heteroatoms. The SMILES string of the molecule is CCCc1cc(NN)nc(-c2cccc(C3CC3)c2)n1. The lowest BCUT2D eigenvalue weighted by molar-refractivity contribution is 0.875. The third kappa shape index (κ3) is 2.80. The van der Waals surface area contributed by atoms with Crippen LogP contribution < -0.4 is 11.3 Å². The third-order valence-electron chi connectivity index (χ3n) is 3.63. The molecule has 0 bridgehead atoms. The van der Waals surface area contributed by atoms with Crippen LogP contribution in [0.15, 0.2) is 30.3 Å². The highest BCUT2D eigenvalue weighted by Gasteiger charge is 2.23. The number of aromatic nitrogens is 2. The number of rotatable bonds is 5. The predicted molar refractivity (Wildman–Crippen MR) is 81.2 cm³/mol. The first-order valence-electron chi connectivity index (χ1n) is 7.25. The number of aryl methyl sites for hydroxylation is 1. The van der Waals surface area contributed by atoms with Gasteiger partial charge in [0.15, 0.2) is 5.82 Å². The summed E-state index contributed by atoms with van der Waals surface area (Å²) in [6.07, 6.45) is 4.60. The molecule has 1 aliphatic carbocycles. The molecule has 0 radical (unpaired) electrons. The van der Waals surface area contributed by atoms with E-state index in [2.05, 4.69) is 46.6 Å². The highest BCUT2D eigenvalue weighted by atomic mass is 15.3. The van der Waals surface area contributed by atoms with E-state index in [1.165, 1.54) is 18.4 Å². The Bertz CT molecular complexity index is 605. The molecule has 104 valence electrons. The van der Waals surface area contributed by atoms with E-state index in [-0.39, 0.29) is 0 Å². The average Bonchev–Trinajstić information content (AvgIpc) is 3.32. The summed E-state index contributed by atoms with van der Waals surface area (Å²) in [5, 5.41) is 0. The molecule has 0 unspecified atom stereocenters. The van der Waals surface area contributed by atoms with Crippen LogP contribution in [0.4, 0.5) is 5.82 Å².